The molecule has 1 aromatic carbocycles. The van der Waals surface area contributed by atoms with Crippen LogP contribution in [-0.4, -0.2) is 46.3 Å². The fourth-order valence-corrected chi connectivity index (χ4v) is 5.27. The van der Waals surface area contributed by atoms with Crippen molar-refractivity contribution in [3.05, 3.63) is 40.5 Å². The number of carbonyl (C=O) groups is 3. The third-order valence-electron chi connectivity index (χ3n) is 7.58. The zero-order valence-electron chi connectivity index (χ0n) is 20.6. The largest absolute Gasteiger partial charge is 0.446 e. The van der Waals surface area contributed by atoms with Crippen molar-refractivity contribution in [2.75, 3.05) is 16.8 Å². The summed E-state index contributed by atoms with van der Waals surface area (Å²) in [5, 5.41) is 13.6. The molecule has 2 saturated carbocycles. The number of nitrogens with one attached hydrogen (secondary N) is 3. The molecule has 2 heterocycles. The predicted molar refractivity (Wildman–Crippen MR) is 136 cm³/mol. The minimum absolute atomic E-state index is 0.0702. The van der Waals surface area contributed by atoms with E-state index in [2.05, 4.69) is 20.8 Å². The van der Waals surface area contributed by atoms with Gasteiger partial charge >= 0.3 is 6.09 Å². The number of alkyl carbamates (subject to hydrolysis) is 1. The van der Waals surface area contributed by atoms with Crippen LogP contribution in [0.1, 0.15) is 81.9 Å². The van der Waals surface area contributed by atoms with Crippen LogP contribution in [0.4, 0.5) is 16.3 Å². The third-order valence-corrected chi connectivity index (χ3v) is 7.88. The molecule has 2 aromatic rings. The molecule has 36 heavy (non-hydrogen) atoms. The third kappa shape index (κ3) is 5.36. The molecule has 0 radical (unpaired) electrons. The van der Waals surface area contributed by atoms with E-state index in [1.165, 1.54) is 0 Å². The van der Waals surface area contributed by atoms with Crippen LogP contribution in [0.15, 0.2) is 24.3 Å². The first kappa shape index (κ1) is 24.6. The molecular formula is C26H32ClN5O4. The maximum atomic E-state index is 12.9. The molecule has 0 spiro atoms. The van der Waals surface area contributed by atoms with Gasteiger partial charge in [0.1, 0.15) is 6.10 Å². The van der Waals surface area contributed by atoms with Crippen molar-refractivity contribution >= 4 is 41.0 Å². The quantitative estimate of drug-likeness (QED) is 0.489. The smallest absolute Gasteiger partial charge is 0.407 e. The lowest BCUT2D eigenvalue weighted by Gasteiger charge is -2.19. The lowest BCUT2D eigenvalue weighted by Crippen LogP contribution is -2.36. The Morgan fingerprint density at radius 3 is 2.78 bits per heavy atom. The highest BCUT2D eigenvalue weighted by molar-refractivity contribution is 6.34. The number of aromatic amines is 1. The highest BCUT2D eigenvalue weighted by atomic mass is 35.5. The van der Waals surface area contributed by atoms with Crippen molar-refractivity contribution in [1.82, 2.24) is 15.5 Å². The van der Waals surface area contributed by atoms with Crippen LogP contribution in [0.25, 0.3) is 0 Å². The maximum absolute atomic E-state index is 12.9. The number of carbonyl (C=O) groups excluding carboxylic acids is 3. The van der Waals surface area contributed by atoms with E-state index in [0.717, 1.165) is 49.8 Å². The second-order valence-electron chi connectivity index (χ2n) is 10.5. The van der Waals surface area contributed by atoms with Crippen LogP contribution < -0.4 is 15.5 Å². The summed E-state index contributed by atoms with van der Waals surface area (Å²) in [4.78, 5) is 38.7. The van der Waals surface area contributed by atoms with Gasteiger partial charge in [0.15, 0.2) is 5.82 Å². The molecule has 0 bridgehead atoms. The summed E-state index contributed by atoms with van der Waals surface area (Å²) < 4.78 is 5.60. The second kappa shape index (κ2) is 9.76. The molecule has 1 unspecified atom stereocenters. The van der Waals surface area contributed by atoms with E-state index in [0.29, 0.717) is 29.5 Å². The Labute approximate surface area is 215 Å². The van der Waals surface area contributed by atoms with Gasteiger partial charge in [-0.05, 0) is 70.1 Å². The van der Waals surface area contributed by atoms with Gasteiger partial charge in [0, 0.05) is 36.2 Å². The molecule has 3 aliphatic rings. The zero-order chi connectivity index (χ0) is 25.4. The first-order valence-electron chi connectivity index (χ1n) is 12.7. The van der Waals surface area contributed by atoms with Gasteiger partial charge in [0.2, 0.25) is 11.8 Å². The zero-order valence-corrected chi connectivity index (χ0v) is 21.4. The van der Waals surface area contributed by atoms with Crippen LogP contribution in [0, 0.1) is 0 Å². The Morgan fingerprint density at radius 1 is 1.28 bits per heavy atom. The van der Waals surface area contributed by atoms with Crippen molar-refractivity contribution < 1.29 is 19.1 Å². The summed E-state index contributed by atoms with van der Waals surface area (Å²) in [6.07, 6.45) is 5.28. The second-order valence-corrected chi connectivity index (χ2v) is 10.9. The summed E-state index contributed by atoms with van der Waals surface area (Å²) >= 11 is 6.46. The minimum atomic E-state index is -0.456. The molecule has 9 nitrogen and oxygen atoms in total. The van der Waals surface area contributed by atoms with Crippen molar-refractivity contribution in [2.45, 2.75) is 82.3 Å². The Balaban J connectivity index is 1.15. The van der Waals surface area contributed by atoms with Crippen LogP contribution in [0.2, 0.25) is 5.02 Å². The summed E-state index contributed by atoms with van der Waals surface area (Å²) in [5.74, 6) is 0.0559. The van der Waals surface area contributed by atoms with Crippen LogP contribution in [-0.2, 0) is 14.3 Å². The van der Waals surface area contributed by atoms with Crippen molar-refractivity contribution in [2.24, 2.45) is 0 Å². The number of halogens is 1. The highest BCUT2D eigenvalue weighted by Gasteiger charge is 2.40. The van der Waals surface area contributed by atoms with E-state index in [4.69, 9.17) is 16.3 Å². The molecule has 1 saturated heterocycles. The predicted octanol–water partition coefficient (Wildman–Crippen LogP) is 4.85. The van der Waals surface area contributed by atoms with Gasteiger partial charge in [-0.3, -0.25) is 14.7 Å². The monoisotopic (exact) mass is 513 g/mol. The maximum Gasteiger partial charge on any atom is 0.407 e. The fraction of sp³-hybridized carbons (Fsp3) is 0.538. The number of hydrogen-bond donors (Lipinski definition) is 3. The number of benzene rings is 1. The van der Waals surface area contributed by atoms with Crippen LogP contribution in [0.3, 0.4) is 0 Å². The lowest BCUT2D eigenvalue weighted by atomic mass is 9.99. The molecule has 2 aliphatic carbocycles. The number of nitrogens with zero attached hydrogens (tertiary/aromatic N) is 2. The number of amides is 3. The summed E-state index contributed by atoms with van der Waals surface area (Å²) in [7, 11) is 0. The van der Waals surface area contributed by atoms with Gasteiger partial charge in [-0.1, -0.05) is 17.7 Å². The minimum Gasteiger partial charge on any atom is -0.446 e. The molecule has 1 aromatic heterocycles. The van der Waals surface area contributed by atoms with Gasteiger partial charge in [0.25, 0.3) is 0 Å². The van der Waals surface area contributed by atoms with Gasteiger partial charge in [-0.2, -0.15) is 5.10 Å². The standard InChI is InChI=1S/C26H32ClN5O4/c1-15(16-6-8-21(19(27)13-16)32-11-3-4-23(32)33)24(34)28-22-14-20(30-31-22)17-5-7-18(12-17)36-25(35)29-26(2)9-10-26/h6,8,13-15,17-18H,3-5,7,9-12H2,1-2H3,(H,29,35)(H2,28,30,31,34)/t15?,17-,18-/m0/s1. The number of ether oxygens (including phenoxy) is 1. The topological polar surface area (TPSA) is 116 Å². The molecule has 5 rings (SSSR count). The number of aromatic nitrogens is 2. The average Bonchev–Trinajstić information content (AvgIpc) is 3.25. The number of rotatable bonds is 7. The van der Waals surface area contributed by atoms with Gasteiger partial charge in [-0.15, -0.1) is 0 Å². The Hall–Kier alpha value is -3.07. The molecule has 3 fully saturated rings. The van der Waals surface area contributed by atoms with E-state index < -0.39 is 5.92 Å². The van der Waals surface area contributed by atoms with Crippen molar-refractivity contribution in [1.29, 1.82) is 0 Å². The molecule has 3 amide bonds. The van der Waals surface area contributed by atoms with Gasteiger partial charge < -0.3 is 20.3 Å². The normalized spacial score (nSPS) is 23.4. The van der Waals surface area contributed by atoms with E-state index in [9.17, 15) is 14.4 Å². The molecule has 10 heteroatoms. The molecule has 192 valence electrons. The van der Waals surface area contributed by atoms with Crippen molar-refractivity contribution in [3.63, 3.8) is 0 Å². The molecule has 1 aliphatic heterocycles. The van der Waals surface area contributed by atoms with Crippen LogP contribution >= 0.6 is 11.6 Å². The fourth-order valence-electron chi connectivity index (χ4n) is 4.98. The Bertz CT molecular complexity index is 1180. The van der Waals surface area contributed by atoms with E-state index in [1.807, 2.05) is 19.1 Å². The first-order valence-corrected chi connectivity index (χ1v) is 13.0. The van der Waals surface area contributed by atoms with E-state index >= 15 is 0 Å². The summed E-state index contributed by atoms with van der Waals surface area (Å²) in [6, 6.07) is 7.24. The summed E-state index contributed by atoms with van der Waals surface area (Å²) in [6.45, 7) is 4.49. The number of hydrogen-bond acceptors (Lipinski definition) is 5. The van der Waals surface area contributed by atoms with Gasteiger partial charge in [-0.25, -0.2) is 4.79 Å². The first-order chi connectivity index (χ1) is 17.2. The molecular weight excluding hydrogens is 482 g/mol. The Kier molecular flexibility index (Phi) is 6.68. The molecule has 3 atom stereocenters. The van der Waals surface area contributed by atoms with E-state index in [-0.39, 0.29) is 35.5 Å². The Morgan fingerprint density at radius 2 is 2.08 bits per heavy atom. The highest BCUT2D eigenvalue weighted by Crippen LogP contribution is 2.38. The number of H-pyrrole nitrogens is 1. The molecule has 3 N–H and O–H groups in total. The SMILES string of the molecule is CC(C(=O)Nc1cc([C@H]2CC[C@H](OC(=O)NC3(C)CC3)C2)[nH]n1)c1ccc(N2CCCC2=O)c(Cl)c1. The van der Waals surface area contributed by atoms with E-state index in [1.54, 1.807) is 24.0 Å². The number of anilines is 2. The average molecular weight is 514 g/mol. The summed E-state index contributed by atoms with van der Waals surface area (Å²) in [5.41, 5.74) is 2.27. The van der Waals surface area contributed by atoms with Crippen molar-refractivity contribution in [3.8, 4) is 0 Å². The van der Waals surface area contributed by atoms with Gasteiger partial charge in [0.05, 0.1) is 16.6 Å². The lowest BCUT2D eigenvalue weighted by molar-refractivity contribution is -0.118. The van der Waals surface area contributed by atoms with Crippen LogP contribution in [0.5, 0.6) is 0 Å².